The third-order valence-corrected chi connectivity index (χ3v) is 10.3. The smallest absolute Gasteiger partial charge is 0.252 e. The van der Waals surface area contributed by atoms with Crippen molar-refractivity contribution in [1.82, 2.24) is 14.2 Å². The van der Waals surface area contributed by atoms with E-state index in [2.05, 4.69) is 0 Å². The first-order valence-electron chi connectivity index (χ1n) is 10.7. The van der Waals surface area contributed by atoms with E-state index >= 15 is 0 Å². The molecule has 1 aliphatic rings. The molecule has 0 saturated carbocycles. The van der Waals surface area contributed by atoms with Gasteiger partial charge in [0.15, 0.2) is 5.13 Å². The summed E-state index contributed by atoms with van der Waals surface area (Å²) in [6.07, 6.45) is 0.995. The van der Waals surface area contributed by atoms with E-state index < -0.39 is 10.0 Å². The second-order valence-electron chi connectivity index (χ2n) is 8.47. The Morgan fingerprint density at radius 3 is 2.56 bits per heavy atom. The fraction of sp³-hybridized carbons (Fsp3) is 0.455. The Labute approximate surface area is 219 Å². The lowest BCUT2D eigenvalue weighted by Crippen LogP contribution is -2.45. The number of sulfonamides is 1. The third kappa shape index (κ3) is 5.75. The summed E-state index contributed by atoms with van der Waals surface area (Å²) >= 11 is 8.91. The van der Waals surface area contributed by atoms with Crippen LogP contribution in [0.1, 0.15) is 18.4 Å². The number of piperidine rings is 1. The van der Waals surface area contributed by atoms with Crippen LogP contribution in [0.3, 0.4) is 0 Å². The standard InChI is InChI=1S/C22H27ClN4O3S3.ClH/c1-15-13-17(23)14-18-20(15)24-22(32-18)27(11-10-25(2)3)21(28)16-6-8-26(9-7-16)33(29,30)19-5-4-12-31-19;/h4-5,12-14,16H,6-11H2,1-3H3;1H. The lowest BCUT2D eigenvalue weighted by atomic mass is 9.96. The summed E-state index contributed by atoms with van der Waals surface area (Å²) in [6, 6.07) is 7.13. The molecule has 186 valence electrons. The maximum Gasteiger partial charge on any atom is 0.252 e. The van der Waals surface area contributed by atoms with Crippen LogP contribution in [0.15, 0.2) is 33.9 Å². The zero-order valence-electron chi connectivity index (χ0n) is 19.2. The molecular formula is C22H28Cl2N4O3S3. The molecule has 0 bridgehead atoms. The van der Waals surface area contributed by atoms with Gasteiger partial charge >= 0.3 is 0 Å². The number of benzene rings is 1. The number of carbonyl (C=O) groups is 1. The van der Waals surface area contributed by atoms with E-state index in [1.54, 1.807) is 22.4 Å². The molecule has 0 N–H and O–H groups in total. The second-order valence-corrected chi connectivity index (χ2v) is 13.0. The predicted octanol–water partition coefficient (Wildman–Crippen LogP) is 4.74. The molecule has 7 nitrogen and oxygen atoms in total. The highest BCUT2D eigenvalue weighted by atomic mass is 35.5. The summed E-state index contributed by atoms with van der Waals surface area (Å²) < 4.78 is 28.5. The van der Waals surface area contributed by atoms with Crippen LogP contribution >= 0.6 is 46.7 Å². The number of anilines is 1. The van der Waals surface area contributed by atoms with Crippen molar-refractivity contribution in [3.63, 3.8) is 0 Å². The molecule has 3 aromatic rings. The van der Waals surface area contributed by atoms with Crippen molar-refractivity contribution in [2.45, 2.75) is 24.0 Å². The normalized spacial score (nSPS) is 15.6. The van der Waals surface area contributed by atoms with E-state index in [1.165, 1.54) is 27.0 Å². The van der Waals surface area contributed by atoms with Gasteiger partial charge in [-0.25, -0.2) is 13.4 Å². The number of aryl methyl sites for hydroxylation is 1. The molecule has 4 rings (SSSR count). The molecule has 0 spiro atoms. The van der Waals surface area contributed by atoms with Crippen LogP contribution < -0.4 is 4.90 Å². The van der Waals surface area contributed by atoms with Gasteiger partial charge in [-0.1, -0.05) is 29.0 Å². The average Bonchev–Trinajstić information content (AvgIpc) is 3.44. The highest BCUT2D eigenvalue weighted by molar-refractivity contribution is 7.91. The quantitative estimate of drug-likeness (QED) is 0.416. The molecule has 1 amide bonds. The lowest BCUT2D eigenvalue weighted by Gasteiger charge is -2.33. The Kier molecular flexibility index (Phi) is 9.00. The van der Waals surface area contributed by atoms with Crippen LogP contribution in [0, 0.1) is 12.8 Å². The number of fused-ring (bicyclic) bond motifs is 1. The molecule has 12 heteroatoms. The molecule has 2 aromatic heterocycles. The minimum absolute atomic E-state index is 0. The number of halogens is 2. The number of thiazole rings is 1. The Morgan fingerprint density at radius 2 is 1.94 bits per heavy atom. The third-order valence-electron chi connectivity index (χ3n) is 5.80. The Morgan fingerprint density at radius 1 is 1.24 bits per heavy atom. The number of likely N-dealkylation sites (N-methyl/N-ethyl adjacent to an activating group) is 1. The fourth-order valence-electron chi connectivity index (χ4n) is 3.96. The van der Waals surface area contributed by atoms with Gasteiger partial charge in [-0.05, 0) is 63.0 Å². The minimum Gasteiger partial charge on any atom is -0.308 e. The van der Waals surface area contributed by atoms with Crippen molar-refractivity contribution in [1.29, 1.82) is 0 Å². The predicted molar refractivity (Wildman–Crippen MR) is 143 cm³/mol. The molecular weight excluding hydrogens is 535 g/mol. The van der Waals surface area contributed by atoms with Gasteiger partial charge < -0.3 is 4.90 Å². The highest BCUT2D eigenvalue weighted by Gasteiger charge is 2.35. The summed E-state index contributed by atoms with van der Waals surface area (Å²) in [5.74, 6) is -0.230. The maximum atomic E-state index is 13.6. The van der Waals surface area contributed by atoms with Gasteiger partial charge in [0.25, 0.3) is 10.0 Å². The zero-order valence-corrected chi connectivity index (χ0v) is 23.3. The van der Waals surface area contributed by atoms with Gasteiger partial charge in [0, 0.05) is 37.1 Å². The van der Waals surface area contributed by atoms with E-state index in [0.717, 1.165) is 15.8 Å². The van der Waals surface area contributed by atoms with Crippen LogP contribution in [-0.2, 0) is 14.8 Å². The topological polar surface area (TPSA) is 73.8 Å². The van der Waals surface area contributed by atoms with Crippen LogP contribution in [0.25, 0.3) is 10.2 Å². The van der Waals surface area contributed by atoms with E-state index in [9.17, 15) is 13.2 Å². The molecule has 1 aliphatic heterocycles. The van der Waals surface area contributed by atoms with Crippen molar-refractivity contribution >= 4 is 78.0 Å². The average molecular weight is 564 g/mol. The Hall–Kier alpha value is -1.27. The number of amides is 1. The summed E-state index contributed by atoms with van der Waals surface area (Å²) in [4.78, 5) is 22.2. The van der Waals surface area contributed by atoms with Crippen molar-refractivity contribution < 1.29 is 13.2 Å². The Bertz CT molecular complexity index is 1240. The molecule has 0 atom stereocenters. The first kappa shape index (κ1) is 27.3. The monoisotopic (exact) mass is 562 g/mol. The van der Waals surface area contributed by atoms with Crippen LogP contribution in [-0.4, -0.2) is 68.8 Å². The number of carbonyl (C=O) groups excluding carboxylic acids is 1. The molecule has 0 unspecified atom stereocenters. The summed E-state index contributed by atoms with van der Waals surface area (Å²) in [7, 11) is 0.452. The van der Waals surface area contributed by atoms with Crippen molar-refractivity contribution in [3.8, 4) is 0 Å². The molecule has 1 aromatic carbocycles. The van der Waals surface area contributed by atoms with Crippen molar-refractivity contribution in [2.24, 2.45) is 5.92 Å². The van der Waals surface area contributed by atoms with E-state index in [0.29, 0.717) is 53.4 Å². The van der Waals surface area contributed by atoms with E-state index in [4.69, 9.17) is 16.6 Å². The number of hydrogen-bond acceptors (Lipinski definition) is 7. The molecule has 0 radical (unpaired) electrons. The van der Waals surface area contributed by atoms with Crippen molar-refractivity contribution in [2.75, 3.05) is 45.2 Å². The van der Waals surface area contributed by atoms with Gasteiger partial charge in [-0.3, -0.25) is 9.69 Å². The van der Waals surface area contributed by atoms with Gasteiger partial charge in [0.05, 0.1) is 10.2 Å². The molecule has 34 heavy (non-hydrogen) atoms. The maximum absolute atomic E-state index is 13.6. The molecule has 3 heterocycles. The number of nitrogens with zero attached hydrogens (tertiary/aromatic N) is 4. The first-order valence-corrected chi connectivity index (χ1v) is 14.2. The van der Waals surface area contributed by atoms with Crippen molar-refractivity contribution in [3.05, 3.63) is 40.2 Å². The van der Waals surface area contributed by atoms with Crippen LogP contribution in [0.4, 0.5) is 5.13 Å². The second kappa shape index (κ2) is 11.2. The molecule has 1 fully saturated rings. The Balaban J connectivity index is 0.00000324. The number of hydrogen-bond donors (Lipinski definition) is 0. The summed E-state index contributed by atoms with van der Waals surface area (Å²) in [6.45, 7) is 3.87. The van der Waals surface area contributed by atoms with Gasteiger partial charge in [-0.15, -0.1) is 23.7 Å². The molecule has 0 aliphatic carbocycles. The number of thiophene rings is 1. The highest BCUT2D eigenvalue weighted by Crippen LogP contribution is 2.35. The zero-order chi connectivity index (χ0) is 23.8. The van der Waals surface area contributed by atoms with Crippen LogP contribution in [0.2, 0.25) is 5.02 Å². The lowest BCUT2D eigenvalue weighted by molar-refractivity contribution is -0.123. The van der Waals surface area contributed by atoms with E-state index in [1.807, 2.05) is 38.1 Å². The van der Waals surface area contributed by atoms with Gasteiger partial charge in [0.2, 0.25) is 5.91 Å². The summed E-state index contributed by atoms with van der Waals surface area (Å²) in [5.41, 5.74) is 1.84. The van der Waals surface area contributed by atoms with Crippen LogP contribution in [0.5, 0.6) is 0 Å². The molecule has 1 saturated heterocycles. The number of rotatable bonds is 7. The van der Waals surface area contributed by atoms with Gasteiger partial charge in [-0.2, -0.15) is 4.31 Å². The summed E-state index contributed by atoms with van der Waals surface area (Å²) in [5, 5.41) is 3.08. The van der Waals surface area contributed by atoms with E-state index in [-0.39, 0.29) is 24.2 Å². The fourth-order valence-corrected chi connectivity index (χ4v) is 8.03. The largest absolute Gasteiger partial charge is 0.308 e. The van der Waals surface area contributed by atoms with Gasteiger partial charge in [0.1, 0.15) is 4.21 Å². The SMILES string of the molecule is Cc1cc(Cl)cc2sc(N(CCN(C)C)C(=O)C3CCN(S(=O)(=O)c4cccs4)CC3)nc12.Cl. The first-order chi connectivity index (χ1) is 15.7. The minimum atomic E-state index is -3.49. The number of aromatic nitrogens is 1.